The summed E-state index contributed by atoms with van der Waals surface area (Å²) in [4.78, 5) is 0. The van der Waals surface area contributed by atoms with Gasteiger partial charge in [-0.25, -0.2) is 0 Å². The lowest BCUT2D eigenvalue weighted by molar-refractivity contribution is 0.340. The summed E-state index contributed by atoms with van der Waals surface area (Å²) < 4.78 is 0. The zero-order valence-corrected chi connectivity index (χ0v) is 6.62. The summed E-state index contributed by atoms with van der Waals surface area (Å²) in [5.41, 5.74) is 0.534. The fourth-order valence-corrected chi connectivity index (χ4v) is 2.91. The van der Waals surface area contributed by atoms with Gasteiger partial charge in [0.25, 0.3) is 0 Å². The summed E-state index contributed by atoms with van der Waals surface area (Å²) in [5, 5.41) is 0.497. The van der Waals surface area contributed by atoms with Crippen LogP contribution in [-0.4, -0.2) is 5.38 Å². The smallest absolute Gasteiger partial charge is 0.0392 e. The average Bonchev–Trinajstić information content (AvgIpc) is 2.22. The quantitative estimate of drug-likeness (QED) is 0.459. The molecule has 2 fully saturated rings. The normalized spacial score (nSPS) is 56.7. The molecule has 0 spiro atoms. The lowest BCUT2D eigenvalue weighted by Gasteiger charge is -2.25. The Bertz CT molecular complexity index is 133. The van der Waals surface area contributed by atoms with Crippen molar-refractivity contribution in [1.82, 2.24) is 0 Å². The molecule has 0 radical (unpaired) electrons. The van der Waals surface area contributed by atoms with Gasteiger partial charge in [0.2, 0.25) is 0 Å². The second kappa shape index (κ2) is 1.66. The van der Waals surface area contributed by atoms with Crippen molar-refractivity contribution < 1.29 is 0 Å². The van der Waals surface area contributed by atoms with Gasteiger partial charge in [0.1, 0.15) is 0 Å². The minimum Gasteiger partial charge on any atom is -0.122 e. The van der Waals surface area contributed by atoms with Gasteiger partial charge in [-0.05, 0) is 37.0 Å². The standard InChI is InChI=1S/C8H13Cl/c1-8-3-2-6(5-8)4-7(8)9/h6-7H,2-5H2,1H3/t6-,7-,8-/m0/s1. The van der Waals surface area contributed by atoms with E-state index >= 15 is 0 Å². The predicted molar refractivity (Wildman–Crippen MR) is 39.7 cm³/mol. The molecule has 1 heteroatoms. The Morgan fingerprint density at radius 2 is 2.33 bits per heavy atom. The van der Waals surface area contributed by atoms with Gasteiger partial charge in [0.05, 0.1) is 0 Å². The third kappa shape index (κ3) is 0.724. The molecule has 2 saturated carbocycles. The fourth-order valence-electron chi connectivity index (χ4n) is 2.46. The first-order valence-corrected chi connectivity index (χ1v) is 4.28. The lowest BCUT2D eigenvalue weighted by Crippen LogP contribution is -2.21. The second-order valence-electron chi connectivity index (χ2n) is 3.97. The maximum Gasteiger partial charge on any atom is 0.0392 e. The van der Waals surface area contributed by atoms with Crippen LogP contribution in [0.5, 0.6) is 0 Å². The number of rotatable bonds is 0. The van der Waals surface area contributed by atoms with Crippen LogP contribution in [0, 0.1) is 11.3 Å². The Hall–Kier alpha value is 0.290. The molecule has 9 heavy (non-hydrogen) atoms. The molecular weight excluding hydrogens is 132 g/mol. The zero-order valence-electron chi connectivity index (χ0n) is 5.86. The first kappa shape index (κ1) is 6.03. The largest absolute Gasteiger partial charge is 0.122 e. The van der Waals surface area contributed by atoms with E-state index in [1.807, 2.05) is 0 Å². The highest BCUT2D eigenvalue weighted by molar-refractivity contribution is 6.21. The van der Waals surface area contributed by atoms with Crippen LogP contribution in [0.25, 0.3) is 0 Å². The summed E-state index contributed by atoms with van der Waals surface area (Å²) >= 11 is 6.15. The van der Waals surface area contributed by atoms with Crippen molar-refractivity contribution in [2.75, 3.05) is 0 Å². The minimum atomic E-state index is 0.497. The van der Waals surface area contributed by atoms with Crippen molar-refractivity contribution in [2.24, 2.45) is 11.3 Å². The van der Waals surface area contributed by atoms with Gasteiger partial charge in [-0.1, -0.05) is 6.92 Å². The highest BCUT2D eigenvalue weighted by Gasteiger charge is 2.47. The molecule has 0 N–H and O–H groups in total. The molecule has 0 aromatic heterocycles. The Kier molecular flexibility index (Phi) is 1.11. The number of fused-ring (bicyclic) bond motifs is 2. The van der Waals surface area contributed by atoms with E-state index in [4.69, 9.17) is 11.6 Å². The summed E-state index contributed by atoms with van der Waals surface area (Å²) in [6, 6.07) is 0. The fraction of sp³-hybridized carbons (Fsp3) is 1.00. The lowest BCUT2D eigenvalue weighted by atomic mass is 9.86. The number of hydrogen-bond acceptors (Lipinski definition) is 0. The molecule has 3 atom stereocenters. The molecule has 2 bridgehead atoms. The van der Waals surface area contributed by atoms with Crippen LogP contribution in [0.2, 0.25) is 0 Å². The predicted octanol–water partition coefficient (Wildman–Crippen LogP) is 2.80. The first-order valence-electron chi connectivity index (χ1n) is 3.85. The molecule has 0 heterocycles. The highest BCUT2D eigenvalue weighted by Crippen LogP contribution is 2.55. The molecule has 2 aliphatic carbocycles. The van der Waals surface area contributed by atoms with Crippen molar-refractivity contribution in [1.29, 1.82) is 0 Å². The SMILES string of the molecule is C[C@@]12CC[C@@H](C[C@@H]1Cl)C2. The van der Waals surface area contributed by atoms with E-state index in [2.05, 4.69) is 6.92 Å². The molecule has 0 saturated heterocycles. The van der Waals surface area contributed by atoms with Gasteiger partial charge in [-0.15, -0.1) is 11.6 Å². The average molecular weight is 145 g/mol. The van der Waals surface area contributed by atoms with Gasteiger partial charge >= 0.3 is 0 Å². The van der Waals surface area contributed by atoms with Crippen LogP contribution in [0.3, 0.4) is 0 Å². The summed E-state index contributed by atoms with van der Waals surface area (Å²) in [6.07, 6.45) is 5.52. The van der Waals surface area contributed by atoms with E-state index in [0.717, 1.165) is 5.92 Å². The van der Waals surface area contributed by atoms with E-state index in [9.17, 15) is 0 Å². The summed E-state index contributed by atoms with van der Waals surface area (Å²) in [7, 11) is 0. The van der Waals surface area contributed by atoms with Crippen molar-refractivity contribution >= 4 is 11.6 Å². The Labute approximate surface area is 61.6 Å². The molecule has 2 rings (SSSR count). The third-order valence-electron chi connectivity index (χ3n) is 3.18. The molecule has 0 aromatic carbocycles. The zero-order chi connectivity index (χ0) is 6.48. The van der Waals surface area contributed by atoms with Gasteiger partial charge in [-0.3, -0.25) is 0 Å². The molecule has 52 valence electrons. The molecule has 2 aliphatic rings. The number of halogens is 1. The Morgan fingerprint density at radius 1 is 1.56 bits per heavy atom. The van der Waals surface area contributed by atoms with Crippen LogP contribution in [0.15, 0.2) is 0 Å². The Morgan fingerprint density at radius 3 is 2.56 bits per heavy atom. The van der Waals surface area contributed by atoms with E-state index in [1.54, 1.807) is 0 Å². The van der Waals surface area contributed by atoms with Gasteiger partial charge in [-0.2, -0.15) is 0 Å². The van der Waals surface area contributed by atoms with E-state index in [-0.39, 0.29) is 0 Å². The first-order chi connectivity index (χ1) is 4.21. The van der Waals surface area contributed by atoms with E-state index in [1.165, 1.54) is 25.7 Å². The van der Waals surface area contributed by atoms with Crippen molar-refractivity contribution in [3.05, 3.63) is 0 Å². The van der Waals surface area contributed by atoms with Crippen LogP contribution in [0.1, 0.15) is 32.6 Å². The molecule has 0 aliphatic heterocycles. The molecule has 0 amide bonds. The summed E-state index contributed by atoms with van der Waals surface area (Å²) in [5.74, 6) is 0.984. The van der Waals surface area contributed by atoms with E-state index in [0.29, 0.717) is 10.8 Å². The third-order valence-corrected chi connectivity index (χ3v) is 3.88. The highest BCUT2D eigenvalue weighted by atomic mass is 35.5. The topological polar surface area (TPSA) is 0 Å². The maximum atomic E-state index is 6.15. The van der Waals surface area contributed by atoms with Crippen LogP contribution < -0.4 is 0 Å². The van der Waals surface area contributed by atoms with Gasteiger partial charge in [0.15, 0.2) is 0 Å². The Balaban J connectivity index is 2.22. The van der Waals surface area contributed by atoms with E-state index < -0.39 is 0 Å². The molecule has 0 aromatic rings. The van der Waals surface area contributed by atoms with Crippen LogP contribution in [-0.2, 0) is 0 Å². The number of hydrogen-bond donors (Lipinski definition) is 0. The minimum absolute atomic E-state index is 0.497. The number of alkyl halides is 1. The molecular formula is C8H13Cl. The monoisotopic (exact) mass is 144 g/mol. The van der Waals surface area contributed by atoms with Crippen molar-refractivity contribution in [2.45, 2.75) is 38.0 Å². The van der Waals surface area contributed by atoms with Crippen molar-refractivity contribution in [3.8, 4) is 0 Å². The van der Waals surface area contributed by atoms with Gasteiger partial charge < -0.3 is 0 Å². The van der Waals surface area contributed by atoms with Gasteiger partial charge in [0, 0.05) is 5.38 Å². The maximum absolute atomic E-state index is 6.15. The van der Waals surface area contributed by atoms with Crippen molar-refractivity contribution in [3.63, 3.8) is 0 Å². The van der Waals surface area contributed by atoms with Crippen LogP contribution >= 0.6 is 11.6 Å². The summed E-state index contributed by atoms with van der Waals surface area (Å²) in [6.45, 7) is 2.34. The second-order valence-corrected chi connectivity index (χ2v) is 4.49. The molecule has 0 unspecified atom stereocenters. The van der Waals surface area contributed by atoms with Crippen LogP contribution in [0.4, 0.5) is 0 Å². The molecule has 0 nitrogen and oxygen atoms in total.